The maximum absolute atomic E-state index is 13.2. The van der Waals surface area contributed by atoms with Crippen molar-refractivity contribution in [1.29, 1.82) is 0 Å². The normalized spacial score (nSPS) is 15.3. The number of nitrogens with zero attached hydrogens (tertiary/aromatic N) is 2. The zero-order chi connectivity index (χ0) is 16.1. The van der Waals surface area contributed by atoms with Crippen molar-refractivity contribution < 1.29 is 13.9 Å². The monoisotopic (exact) mass is 318 g/mol. The average molecular weight is 318 g/mol. The number of rotatable bonds is 4. The lowest BCUT2D eigenvalue weighted by atomic mass is 10.1. The molecule has 3 rings (SSSR count). The molecule has 122 valence electrons. The van der Waals surface area contributed by atoms with E-state index in [0.29, 0.717) is 25.4 Å². The first-order chi connectivity index (χ1) is 11.2. The highest BCUT2D eigenvalue weighted by Crippen LogP contribution is 2.10. The van der Waals surface area contributed by atoms with E-state index in [1.54, 1.807) is 23.1 Å². The van der Waals surface area contributed by atoms with E-state index in [9.17, 15) is 9.18 Å². The predicted octanol–water partition coefficient (Wildman–Crippen LogP) is 2.37. The number of anilines is 1. The van der Waals surface area contributed by atoms with Crippen LogP contribution in [-0.2, 0) is 11.3 Å². The Bertz CT molecular complexity index is 668. The zero-order valence-electron chi connectivity index (χ0n) is 12.7. The molecule has 2 aromatic rings. The Kier molecular flexibility index (Phi) is 4.87. The first-order valence-electron chi connectivity index (χ1n) is 7.61. The number of hydrogen-bond donors (Lipinski definition) is 2. The van der Waals surface area contributed by atoms with Crippen molar-refractivity contribution in [1.82, 2.24) is 15.1 Å². The van der Waals surface area contributed by atoms with Crippen molar-refractivity contribution >= 4 is 11.7 Å². The number of nitrogens with one attached hydrogen (secondary N) is 2. The molecule has 1 saturated heterocycles. The summed E-state index contributed by atoms with van der Waals surface area (Å²) in [5, 5.41) is 9.85. The van der Waals surface area contributed by atoms with Crippen LogP contribution in [0.1, 0.15) is 18.4 Å². The van der Waals surface area contributed by atoms with Gasteiger partial charge in [0.15, 0.2) is 0 Å². The molecule has 1 aromatic heterocycles. The van der Waals surface area contributed by atoms with E-state index < -0.39 is 0 Å². The van der Waals surface area contributed by atoms with E-state index in [-0.39, 0.29) is 17.9 Å². The minimum atomic E-state index is -0.274. The standard InChI is InChI=1S/C16H19FN4O2/c17-13-3-1-2-12(8-13)10-21-11-15(9-18-21)20-16(22)19-14-4-6-23-7-5-14/h1-3,8-9,11,14H,4-7,10H2,(H2,19,20,22). The number of halogens is 1. The molecule has 0 saturated carbocycles. The summed E-state index contributed by atoms with van der Waals surface area (Å²) in [5.74, 6) is -0.274. The average Bonchev–Trinajstić information content (AvgIpc) is 2.95. The Balaban J connectivity index is 1.53. The third-order valence-corrected chi connectivity index (χ3v) is 3.68. The fraction of sp³-hybridized carbons (Fsp3) is 0.375. The zero-order valence-corrected chi connectivity index (χ0v) is 12.7. The first kappa shape index (κ1) is 15.5. The summed E-state index contributed by atoms with van der Waals surface area (Å²) in [7, 11) is 0. The Morgan fingerprint density at radius 2 is 2.22 bits per heavy atom. The number of benzene rings is 1. The van der Waals surface area contributed by atoms with Gasteiger partial charge in [0.1, 0.15) is 5.82 Å². The number of hydrogen-bond acceptors (Lipinski definition) is 3. The van der Waals surface area contributed by atoms with Crippen LogP contribution in [0.4, 0.5) is 14.9 Å². The largest absolute Gasteiger partial charge is 0.381 e. The maximum atomic E-state index is 13.2. The number of carbonyl (C=O) groups is 1. The molecule has 1 aromatic carbocycles. The lowest BCUT2D eigenvalue weighted by Gasteiger charge is -2.22. The SMILES string of the molecule is O=C(Nc1cnn(Cc2cccc(F)c2)c1)NC1CCOCC1. The van der Waals surface area contributed by atoms with E-state index in [0.717, 1.165) is 18.4 Å². The summed E-state index contributed by atoms with van der Waals surface area (Å²) in [5.41, 5.74) is 1.41. The van der Waals surface area contributed by atoms with Gasteiger partial charge in [-0.05, 0) is 30.5 Å². The molecule has 6 nitrogen and oxygen atoms in total. The molecule has 0 spiro atoms. The van der Waals surface area contributed by atoms with E-state index in [1.807, 2.05) is 6.07 Å². The molecule has 2 heterocycles. The van der Waals surface area contributed by atoms with Crippen molar-refractivity contribution in [3.63, 3.8) is 0 Å². The molecule has 0 unspecified atom stereocenters. The topological polar surface area (TPSA) is 68.2 Å². The highest BCUT2D eigenvalue weighted by molar-refractivity contribution is 5.89. The van der Waals surface area contributed by atoms with Crippen LogP contribution in [0.2, 0.25) is 0 Å². The molecular weight excluding hydrogens is 299 g/mol. The Morgan fingerprint density at radius 3 is 3.00 bits per heavy atom. The van der Waals surface area contributed by atoms with Gasteiger partial charge in [-0.15, -0.1) is 0 Å². The van der Waals surface area contributed by atoms with Gasteiger partial charge in [0.25, 0.3) is 0 Å². The lowest BCUT2D eigenvalue weighted by Crippen LogP contribution is -2.41. The second-order valence-electron chi connectivity index (χ2n) is 5.54. The minimum Gasteiger partial charge on any atom is -0.381 e. The van der Waals surface area contributed by atoms with Gasteiger partial charge < -0.3 is 15.4 Å². The van der Waals surface area contributed by atoms with E-state index >= 15 is 0 Å². The summed E-state index contributed by atoms with van der Waals surface area (Å²) in [6.07, 6.45) is 4.94. The van der Waals surface area contributed by atoms with Crippen LogP contribution < -0.4 is 10.6 Å². The van der Waals surface area contributed by atoms with Crippen LogP contribution >= 0.6 is 0 Å². The van der Waals surface area contributed by atoms with E-state index in [4.69, 9.17) is 4.74 Å². The predicted molar refractivity (Wildman–Crippen MR) is 83.7 cm³/mol. The van der Waals surface area contributed by atoms with Gasteiger partial charge in [0, 0.05) is 25.5 Å². The smallest absolute Gasteiger partial charge is 0.319 e. The Labute approximate surface area is 133 Å². The number of amides is 2. The summed E-state index contributed by atoms with van der Waals surface area (Å²) in [4.78, 5) is 11.9. The molecule has 23 heavy (non-hydrogen) atoms. The maximum Gasteiger partial charge on any atom is 0.319 e. The van der Waals surface area contributed by atoms with Crippen LogP contribution in [0.15, 0.2) is 36.7 Å². The van der Waals surface area contributed by atoms with Gasteiger partial charge in [-0.2, -0.15) is 5.10 Å². The summed E-state index contributed by atoms with van der Waals surface area (Å²) < 4.78 is 20.1. The van der Waals surface area contributed by atoms with Crippen molar-refractivity contribution in [3.05, 3.63) is 48.0 Å². The van der Waals surface area contributed by atoms with Gasteiger partial charge in [-0.1, -0.05) is 12.1 Å². The molecule has 1 fully saturated rings. The van der Waals surface area contributed by atoms with Crippen LogP contribution in [0, 0.1) is 5.82 Å². The molecule has 0 bridgehead atoms. The molecule has 2 amide bonds. The molecule has 1 aliphatic rings. The van der Waals surface area contributed by atoms with Crippen molar-refractivity contribution in [3.8, 4) is 0 Å². The molecule has 7 heteroatoms. The van der Waals surface area contributed by atoms with Crippen LogP contribution in [0.3, 0.4) is 0 Å². The highest BCUT2D eigenvalue weighted by Gasteiger charge is 2.16. The lowest BCUT2D eigenvalue weighted by molar-refractivity contribution is 0.0806. The van der Waals surface area contributed by atoms with Crippen molar-refractivity contribution in [2.24, 2.45) is 0 Å². The number of ether oxygens (including phenoxy) is 1. The summed E-state index contributed by atoms with van der Waals surface area (Å²) in [6.45, 7) is 1.80. The van der Waals surface area contributed by atoms with E-state index in [1.165, 1.54) is 12.1 Å². The summed E-state index contributed by atoms with van der Waals surface area (Å²) in [6, 6.07) is 6.25. The van der Waals surface area contributed by atoms with Gasteiger partial charge in [0.2, 0.25) is 0 Å². The quantitative estimate of drug-likeness (QED) is 0.909. The van der Waals surface area contributed by atoms with Crippen LogP contribution in [-0.4, -0.2) is 35.1 Å². The summed E-state index contributed by atoms with van der Waals surface area (Å²) >= 11 is 0. The number of urea groups is 1. The molecular formula is C16H19FN4O2. The van der Waals surface area contributed by atoms with E-state index in [2.05, 4.69) is 15.7 Å². The van der Waals surface area contributed by atoms with Gasteiger partial charge in [0.05, 0.1) is 18.4 Å². The number of aromatic nitrogens is 2. The van der Waals surface area contributed by atoms with Crippen LogP contribution in [0.5, 0.6) is 0 Å². The fourth-order valence-electron chi connectivity index (χ4n) is 2.53. The van der Waals surface area contributed by atoms with Gasteiger partial charge in [-0.25, -0.2) is 9.18 Å². The van der Waals surface area contributed by atoms with Crippen molar-refractivity contribution in [2.45, 2.75) is 25.4 Å². The molecule has 0 aliphatic carbocycles. The number of carbonyl (C=O) groups excluding carboxylic acids is 1. The van der Waals surface area contributed by atoms with Gasteiger partial charge >= 0.3 is 6.03 Å². The van der Waals surface area contributed by atoms with Gasteiger partial charge in [-0.3, -0.25) is 4.68 Å². The third kappa shape index (κ3) is 4.53. The molecule has 2 N–H and O–H groups in total. The minimum absolute atomic E-state index is 0.145. The third-order valence-electron chi connectivity index (χ3n) is 3.68. The molecule has 0 atom stereocenters. The highest BCUT2D eigenvalue weighted by atomic mass is 19.1. The Morgan fingerprint density at radius 1 is 1.39 bits per heavy atom. The van der Waals surface area contributed by atoms with Crippen molar-refractivity contribution in [2.75, 3.05) is 18.5 Å². The molecule has 0 radical (unpaired) electrons. The fourth-order valence-corrected chi connectivity index (χ4v) is 2.53. The second kappa shape index (κ2) is 7.23. The van der Waals surface area contributed by atoms with Crippen LogP contribution in [0.25, 0.3) is 0 Å². The molecule has 1 aliphatic heterocycles. The second-order valence-corrected chi connectivity index (χ2v) is 5.54. The first-order valence-corrected chi connectivity index (χ1v) is 7.61. The Hall–Kier alpha value is -2.41.